The zero-order valence-corrected chi connectivity index (χ0v) is 16.2. The molecule has 0 bridgehead atoms. The summed E-state index contributed by atoms with van der Waals surface area (Å²) in [5, 5.41) is 7.64. The molecule has 26 heavy (non-hydrogen) atoms. The molecule has 2 aromatic carbocycles. The Balaban J connectivity index is 1.64. The molecule has 0 aliphatic rings. The predicted molar refractivity (Wildman–Crippen MR) is 107 cm³/mol. The lowest BCUT2D eigenvalue weighted by atomic mass is 10.1. The highest BCUT2D eigenvalue weighted by Gasteiger charge is 2.18. The van der Waals surface area contributed by atoms with Crippen LogP contribution < -0.4 is 10.6 Å². The number of hydrogen-bond acceptors (Lipinski definition) is 3. The molecule has 1 aromatic heterocycles. The summed E-state index contributed by atoms with van der Waals surface area (Å²) >= 11 is 4.92. The third kappa shape index (κ3) is 4.80. The second-order valence-electron chi connectivity index (χ2n) is 5.62. The molecule has 3 rings (SSSR count). The number of benzene rings is 2. The van der Waals surface area contributed by atoms with Gasteiger partial charge in [0.05, 0.1) is 12.6 Å². The summed E-state index contributed by atoms with van der Waals surface area (Å²) in [5.41, 5.74) is 1.51. The summed E-state index contributed by atoms with van der Waals surface area (Å²) in [7, 11) is 0. The Bertz CT molecular complexity index is 882. The van der Waals surface area contributed by atoms with Crippen LogP contribution in [0.15, 0.2) is 76.6 Å². The fourth-order valence-corrected chi connectivity index (χ4v) is 3.73. The van der Waals surface area contributed by atoms with Crippen molar-refractivity contribution in [2.45, 2.75) is 6.04 Å². The maximum atomic E-state index is 12.4. The zero-order chi connectivity index (χ0) is 18.4. The Morgan fingerprint density at radius 3 is 2.50 bits per heavy atom. The molecule has 0 aliphatic carbocycles. The molecule has 0 saturated heterocycles. The third-order valence-electron chi connectivity index (χ3n) is 3.76. The molecule has 0 saturated carbocycles. The minimum Gasteiger partial charge on any atom is -0.343 e. The summed E-state index contributed by atoms with van der Waals surface area (Å²) in [5.74, 6) is -0.524. The minimum atomic E-state index is -0.283. The number of nitrogens with one attached hydrogen (secondary N) is 2. The zero-order valence-electron chi connectivity index (χ0n) is 13.8. The van der Waals surface area contributed by atoms with Gasteiger partial charge in [0, 0.05) is 14.9 Å². The van der Waals surface area contributed by atoms with E-state index in [1.165, 1.54) is 0 Å². The molecular weight excluding hydrogens is 412 g/mol. The van der Waals surface area contributed by atoms with Crippen LogP contribution in [0.3, 0.4) is 0 Å². The summed E-state index contributed by atoms with van der Waals surface area (Å²) < 4.78 is 0.816. The molecule has 0 fully saturated rings. The monoisotopic (exact) mass is 428 g/mol. The summed E-state index contributed by atoms with van der Waals surface area (Å²) in [4.78, 5) is 25.6. The Morgan fingerprint density at radius 1 is 1.00 bits per heavy atom. The highest BCUT2D eigenvalue weighted by Crippen LogP contribution is 2.25. The van der Waals surface area contributed by atoms with Crippen LogP contribution in [-0.2, 0) is 4.79 Å². The molecular formula is C20H17BrN2O2S. The lowest BCUT2D eigenvalue weighted by molar-refractivity contribution is -0.120. The maximum absolute atomic E-state index is 12.4. The smallest absolute Gasteiger partial charge is 0.251 e. The van der Waals surface area contributed by atoms with Gasteiger partial charge in [-0.05, 0) is 35.2 Å². The van der Waals surface area contributed by atoms with Crippen molar-refractivity contribution >= 4 is 39.1 Å². The van der Waals surface area contributed by atoms with Gasteiger partial charge in [0.25, 0.3) is 5.91 Å². The van der Waals surface area contributed by atoms with Crippen LogP contribution in [0.4, 0.5) is 0 Å². The number of halogens is 1. The van der Waals surface area contributed by atoms with Gasteiger partial charge in [0.2, 0.25) is 5.91 Å². The number of hydrogen-bond donors (Lipinski definition) is 2. The van der Waals surface area contributed by atoms with Crippen molar-refractivity contribution in [1.29, 1.82) is 0 Å². The molecule has 0 aliphatic heterocycles. The van der Waals surface area contributed by atoms with Crippen LogP contribution in [0.1, 0.15) is 26.8 Å². The second-order valence-corrected chi connectivity index (χ2v) is 7.51. The molecule has 1 atom stereocenters. The molecule has 2 N–H and O–H groups in total. The van der Waals surface area contributed by atoms with Crippen molar-refractivity contribution in [2.75, 3.05) is 6.54 Å². The van der Waals surface area contributed by atoms with Crippen molar-refractivity contribution in [2.24, 2.45) is 0 Å². The van der Waals surface area contributed by atoms with Crippen LogP contribution in [0, 0.1) is 0 Å². The van der Waals surface area contributed by atoms with Crippen LogP contribution >= 0.6 is 27.3 Å². The number of thiophene rings is 1. The molecule has 0 spiro atoms. The molecule has 0 radical (unpaired) electrons. The molecule has 132 valence electrons. The van der Waals surface area contributed by atoms with Crippen molar-refractivity contribution in [3.05, 3.63) is 92.6 Å². The van der Waals surface area contributed by atoms with Gasteiger partial charge in [0.15, 0.2) is 0 Å². The van der Waals surface area contributed by atoms with Gasteiger partial charge < -0.3 is 10.6 Å². The SMILES string of the molecule is O=C(CNC(=O)c1cccc(Br)c1)N[C@H](c1ccccc1)c1cccs1. The Kier molecular flexibility index (Phi) is 6.20. The average molecular weight is 429 g/mol. The first-order valence-corrected chi connectivity index (χ1v) is 9.72. The van der Waals surface area contributed by atoms with Crippen LogP contribution in [0.5, 0.6) is 0 Å². The van der Waals surface area contributed by atoms with E-state index in [2.05, 4.69) is 26.6 Å². The van der Waals surface area contributed by atoms with Gasteiger partial charge in [-0.2, -0.15) is 0 Å². The topological polar surface area (TPSA) is 58.2 Å². The normalized spacial score (nSPS) is 11.6. The molecule has 2 amide bonds. The highest BCUT2D eigenvalue weighted by molar-refractivity contribution is 9.10. The number of carbonyl (C=O) groups is 2. The number of carbonyl (C=O) groups excluding carboxylic acids is 2. The van der Waals surface area contributed by atoms with Gasteiger partial charge >= 0.3 is 0 Å². The largest absolute Gasteiger partial charge is 0.343 e. The molecule has 4 nitrogen and oxygen atoms in total. The van der Waals surface area contributed by atoms with E-state index in [-0.39, 0.29) is 24.4 Å². The van der Waals surface area contributed by atoms with E-state index in [1.807, 2.05) is 53.9 Å². The van der Waals surface area contributed by atoms with Crippen LogP contribution in [-0.4, -0.2) is 18.4 Å². The molecule has 0 unspecified atom stereocenters. The Morgan fingerprint density at radius 2 is 1.81 bits per heavy atom. The first kappa shape index (κ1) is 18.4. The van der Waals surface area contributed by atoms with Gasteiger partial charge in [0.1, 0.15) is 0 Å². The summed E-state index contributed by atoms with van der Waals surface area (Å²) in [6.45, 7) is -0.0833. The number of amides is 2. The van der Waals surface area contributed by atoms with Gasteiger partial charge in [-0.25, -0.2) is 0 Å². The summed E-state index contributed by atoms with van der Waals surface area (Å²) in [6, 6.07) is 20.5. The Labute approximate surface area is 164 Å². The van der Waals surface area contributed by atoms with E-state index in [9.17, 15) is 9.59 Å². The molecule has 6 heteroatoms. The van der Waals surface area contributed by atoms with E-state index in [0.717, 1.165) is 14.9 Å². The van der Waals surface area contributed by atoms with E-state index >= 15 is 0 Å². The first-order chi connectivity index (χ1) is 12.6. The van der Waals surface area contributed by atoms with Crippen molar-refractivity contribution < 1.29 is 9.59 Å². The highest BCUT2D eigenvalue weighted by atomic mass is 79.9. The lowest BCUT2D eigenvalue weighted by Gasteiger charge is -2.18. The van der Waals surface area contributed by atoms with Crippen molar-refractivity contribution in [1.82, 2.24) is 10.6 Å². The van der Waals surface area contributed by atoms with Crippen molar-refractivity contribution in [3.63, 3.8) is 0 Å². The quantitative estimate of drug-likeness (QED) is 0.619. The van der Waals surface area contributed by atoms with Crippen molar-refractivity contribution in [3.8, 4) is 0 Å². The Hall–Kier alpha value is -2.44. The fraction of sp³-hybridized carbons (Fsp3) is 0.100. The first-order valence-electron chi connectivity index (χ1n) is 8.05. The van der Waals surface area contributed by atoms with E-state index in [4.69, 9.17) is 0 Å². The second kappa shape index (κ2) is 8.78. The standard InChI is InChI=1S/C20H17BrN2O2S/c21-16-9-4-8-15(12-16)20(25)22-13-18(24)23-19(17-10-5-11-26-17)14-6-2-1-3-7-14/h1-12,19H,13H2,(H,22,25)(H,23,24)/t19-/m1/s1. The maximum Gasteiger partial charge on any atom is 0.251 e. The van der Waals surface area contributed by atoms with E-state index in [0.29, 0.717) is 5.56 Å². The van der Waals surface area contributed by atoms with Crippen LogP contribution in [0.25, 0.3) is 0 Å². The minimum absolute atomic E-state index is 0.0833. The van der Waals surface area contributed by atoms with Crippen LogP contribution in [0.2, 0.25) is 0 Å². The van der Waals surface area contributed by atoms with Gasteiger partial charge in [-0.15, -0.1) is 11.3 Å². The fourth-order valence-electron chi connectivity index (χ4n) is 2.52. The summed E-state index contributed by atoms with van der Waals surface area (Å²) in [6.07, 6.45) is 0. The predicted octanol–water partition coefficient (Wildman–Crippen LogP) is 4.15. The van der Waals surface area contributed by atoms with Gasteiger partial charge in [-0.1, -0.05) is 58.4 Å². The number of rotatable bonds is 6. The third-order valence-corrected chi connectivity index (χ3v) is 5.19. The average Bonchev–Trinajstić information content (AvgIpc) is 3.19. The van der Waals surface area contributed by atoms with E-state index in [1.54, 1.807) is 29.5 Å². The lowest BCUT2D eigenvalue weighted by Crippen LogP contribution is -2.38. The molecule has 1 heterocycles. The molecule has 3 aromatic rings. The van der Waals surface area contributed by atoms with E-state index < -0.39 is 0 Å². The van der Waals surface area contributed by atoms with Gasteiger partial charge in [-0.3, -0.25) is 9.59 Å².